The fourth-order valence-corrected chi connectivity index (χ4v) is 5.10. The lowest BCUT2D eigenvalue weighted by Crippen LogP contribution is -2.48. The van der Waals surface area contributed by atoms with E-state index in [0.717, 1.165) is 38.1 Å². The van der Waals surface area contributed by atoms with Crippen LogP contribution >= 0.6 is 0 Å². The second-order valence-electron chi connectivity index (χ2n) is 6.14. The van der Waals surface area contributed by atoms with Gasteiger partial charge in [0.25, 0.3) is 0 Å². The first-order chi connectivity index (χ1) is 9.12. The normalized spacial score (nSPS) is 33.2. The smallest absolute Gasteiger partial charge is 0.215 e. The Labute approximate surface area is 117 Å². The second-order valence-corrected chi connectivity index (χ2v) is 8.13. The molecule has 0 aromatic rings. The number of piperidine rings is 1. The number of sulfonamides is 1. The molecule has 0 aromatic heterocycles. The van der Waals surface area contributed by atoms with Crippen LogP contribution in [-0.2, 0) is 10.0 Å². The lowest BCUT2D eigenvalue weighted by atomic mass is 9.84. The zero-order valence-electron chi connectivity index (χ0n) is 12.0. The highest BCUT2D eigenvalue weighted by Gasteiger charge is 2.30. The number of hydrogen-bond donors (Lipinski definition) is 2. The highest BCUT2D eigenvalue weighted by atomic mass is 32.2. The molecule has 1 atom stereocenters. The van der Waals surface area contributed by atoms with Gasteiger partial charge >= 0.3 is 0 Å². The number of hydrogen-bond acceptors (Lipinski definition) is 3. The van der Waals surface area contributed by atoms with Crippen LogP contribution in [0.5, 0.6) is 0 Å². The predicted molar refractivity (Wildman–Crippen MR) is 78.6 cm³/mol. The van der Waals surface area contributed by atoms with Crippen molar-refractivity contribution in [1.82, 2.24) is 10.0 Å². The molecule has 0 bridgehead atoms. The highest BCUT2D eigenvalue weighted by Crippen LogP contribution is 2.28. The molecule has 0 spiro atoms. The number of rotatable bonds is 5. The molecule has 1 aliphatic carbocycles. The van der Waals surface area contributed by atoms with Crippen LogP contribution in [0.2, 0.25) is 0 Å². The van der Waals surface area contributed by atoms with Gasteiger partial charge in [-0.05, 0) is 51.0 Å². The van der Waals surface area contributed by atoms with E-state index in [1.54, 1.807) is 0 Å². The van der Waals surface area contributed by atoms with Crippen molar-refractivity contribution >= 4 is 10.0 Å². The van der Waals surface area contributed by atoms with E-state index in [2.05, 4.69) is 17.0 Å². The molecule has 1 heterocycles. The maximum Gasteiger partial charge on any atom is 0.215 e. The van der Waals surface area contributed by atoms with E-state index in [-0.39, 0.29) is 11.3 Å². The van der Waals surface area contributed by atoms with E-state index in [0.29, 0.717) is 6.54 Å². The van der Waals surface area contributed by atoms with Crippen molar-refractivity contribution in [2.45, 2.75) is 69.6 Å². The van der Waals surface area contributed by atoms with Gasteiger partial charge in [-0.3, -0.25) is 0 Å². The lowest BCUT2D eigenvalue weighted by molar-refractivity contribution is 0.296. The third-order valence-electron chi connectivity index (χ3n) is 4.57. The molecular formula is C14H28N2O2S. The first kappa shape index (κ1) is 15.3. The molecule has 0 radical (unpaired) electrons. The third-order valence-corrected chi connectivity index (χ3v) is 6.51. The molecule has 1 saturated carbocycles. The van der Waals surface area contributed by atoms with E-state index in [9.17, 15) is 8.42 Å². The van der Waals surface area contributed by atoms with Gasteiger partial charge in [0.2, 0.25) is 10.0 Å². The SMILES string of the molecule is CCCC1CCC(NS(=O)(=O)C2CCCNC2)CC1. The van der Waals surface area contributed by atoms with Crippen molar-refractivity contribution in [3.05, 3.63) is 0 Å². The second kappa shape index (κ2) is 7.04. The molecule has 0 aromatic carbocycles. The molecule has 2 rings (SSSR count). The zero-order chi connectivity index (χ0) is 13.7. The largest absolute Gasteiger partial charge is 0.315 e. The van der Waals surface area contributed by atoms with Crippen molar-refractivity contribution in [3.8, 4) is 0 Å². The molecule has 4 nitrogen and oxygen atoms in total. The van der Waals surface area contributed by atoms with Crippen molar-refractivity contribution in [2.75, 3.05) is 13.1 Å². The topological polar surface area (TPSA) is 58.2 Å². The highest BCUT2D eigenvalue weighted by molar-refractivity contribution is 7.90. The lowest BCUT2D eigenvalue weighted by Gasteiger charge is -2.31. The van der Waals surface area contributed by atoms with Crippen LogP contribution in [0.25, 0.3) is 0 Å². The zero-order valence-corrected chi connectivity index (χ0v) is 12.8. The Kier molecular flexibility index (Phi) is 5.66. The average Bonchev–Trinajstić information content (AvgIpc) is 2.42. The Morgan fingerprint density at radius 1 is 1.16 bits per heavy atom. The van der Waals surface area contributed by atoms with Crippen LogP contribution < -0.4 is 10.0 Å². The van der Waals surface area contributed by atoms with Crippen LogP contribution in [0.1, 0.15) is 58.3 Å². The summed E-state index contributed by atoms with van der Waals surface area (Å²) in [4.78, 5) is 0. The van der Waals surface area contributed by atoms with Gasteiger partial charge in [0.05, 0.1) is 5.25 Å². The minimum absolute atomic E-state index is 0.181. The van der Waals surface area contributed by atoms with E-state index >= 15 is 0 Å². The van der Waals surface area contributed by atoms with Gasteiger partial charge in [0.1, 0.15) is 0 Å². The summed E-state index contributed by atoms with van der Waals surface area (Å²) in [5.41, 5.74) is 0. The van der Waals surface area contributed by atoms with Crippen LogP contribution in [0.4, 0.5) is 0 Å². The maximum absolute atomic E-state index is 12.3. The first-order valence-electron chi connectivity index (χ1n) is 7.83. The van der Waals surface area contributed by atoms with E-state index in [1.165, 1.54) is 25.7 Å². The average molecular weight is 288 g/mol. The summed E-state index contributed by atoms with van der Waals surface area (Å²) in [6.45, 7) is 3.79. The van der Waals surface area contributed by atoms with Crippen molar-refractivity contribution < 1.29 is 8.42 Å². The maximum atomic E-state index is 12.3. The van der Waals surface area contributed by atoms with Crippen molar-refractivity contribution in [1.29, 1.82) is 0 Å². The Morgan fingerprint density at radius 2 is 1.89 bits per heavy atom. The summed E-state index contributed by atoms with van der Waals surface area (Å²) >= 11 is 0. The third kappa shape index (κ3) is 4.43. The van der Waals surface area contributed by atoms with E-state index in [1.807, 2.05) is 0 Å². The standard InChI is InChI=1S/C14H28N2O2S/c1-2-4-12-6-8-13(9-7-12)16-19(17,18)14-5-3-10-15-11-14/h12-16H,2-11H2,1H3. The summed E-state index contributed by atoms with van der Waals surface area (Å²) in [5, 5.41) is 2.96. The van der Waals surface area contributed by atoms with Gasteiger partial charge in [-0.25, -0.2) is 13.1 Å². The minimum atomic E-state index is -3.13. The van der Waals surface area contributed by atoms with Crippen molar-refractivity contribution in [2.24, 2.45) is 5.92 Å². The molecule has 1 unspecified atom stereocenters. The van der Waals surface area contributed by atoms with Crippen LogP contribution in [0.15, 0.2) is 0 Å². The Bertz CT molecular complexity index is 356. The Morgan fingerprint density at radius 3 is 2.47 bits per heavy atom. The van der Waals surface area contributed by atoms with Gasteiger partial charge in [0.15, 0.2) is 0 Å². The van der Waals surface area contributed by atoms with Crippen LogP contribution in [0, 0.1) is 5.92 Å². The fourth-order valence-electron chi connectivity index (χ4n) is 3.39. The molecule has 0 amide bonds. The van der Waals surface area contributed by atoms with Crippen molar-refractivity contribution in [3.63, 3.8) is 0 Å². The molecule has 1 aliphatic heterocycles. The summed E-state index contributed by atoms with van der Waals surface area (Å²) in [6, 6.07) is 0.181. The summed E-state index contributed by atoms with van der Waals surface area (Å²) in [7, 11) is -3.13. The molecular weight excluding hydrogens is 260 g/mol. The minimum Gasteiger partial charge on any atom is -0.315 e. The molecule has 2 fully saturated rings. The summed E-state index contributed by atoms with van der Waals surface area (Å²) in [5.74, 6) is 0.821. The molecule has 2 aliphatic rings. The molecule has 5 heteroatoms. The predicted octanol–water partition coefficient (Wildman–Crippen LogP) is 2.02. The van der Waals surface area contributed by atoms with E-state index in [4.69, 9.17) is 0 Å². The molecule has 19 heavy (non-hydrogen) atoms. The fraction of sp³-hybridized carbons (Fsp3) is 1.00. The van der Waals surface area contributed by atoms with Gasteiger partial charge in [0, 0.05) is 12.6 Å². The van der Waals surface area contributed by atoms with Gasteiger partial charge in [-0.1, -0.05) is 19.8 Å². The van der Waals surface area contributed by atoms with Gasteiger partial charge in [-0.15, -0.1) is 0 Å². The Hall–Kier alpha value is -0.130. The monoisotopic (exact) mass is 288 g/mol. The quantitative estimate of drug-likeness (QED) is 0.813. The molecule has 1 saturated heterocycles. The van der Waals surface area contributed by atoms with Crippen LogP contribution in [0.3, 0.4) is 0 Å². The molecule has 112 valence electrons. The summed E-state index contributed by atoms with van der Waals surface area (Å²) in [6.07, 6.45) is 8.71. The Balaban J connectivity index is 1.80. The van der Waals surface area contributed by atoms with E-state index < -0.39 is 10.0 Å². The molecule has 2 N–H and O–H groups in total. The van der Waals surface area contributed by atoms with Crippen LogP contribution in [-0.4, -0.2) is 32.8 Å². The van der Waals surface area contributed by atoms with Gasteiger partial charge in [-0.2, -0.15) is 0 Å². The van der Waals surface area contributed by atoms with Gasteiger partial charge < -0.3 is 5.32 Å². The summed E-state index contributed by atoms with van der Waals surface area (Å²) < 4.78 is 27.6. The number of nitrogens with one attached hydrogen (secondary N) is 2. The first-order valence-corrected chi connectivity index (χ1v) is 9.38.